The van der Waals surface area contributed by atoms with Crippen molar-refractivity contribution >= 4 is 11.8 Å². The summed E-state index contributed by atoms with van der Waals surface area (Å²) in [5.74, 6) is 0.519. The van der Waals surface area contributed by atoms with Crippen molar-refractivity contribution in [2.24, 2.45) is 11.1 Å². The molecule has 0 spiro atoms. The summed E-state index contributed by atoms with van der Waals surface area (Å²) in [4.78, 5) is 8.64. The highest BCUT2D eigenvalue weighted by atomic mass is 16.6. The summed E-state index contributed by atoms with van der Waals surface area (Å²) in [6.45, 7) is 0. The molecule has 1 saturated carbocycles. The Kier molecular flexibility index (Phi) is 4.16. The molecule has 0 unspecified atom stereocenters. The van der Waals surface area contributed by atoms with Crippen LogP contribution in [-0.4, -0.2) is 17.8 Å². The number of nitrogens with zero attached hydrogens (tertiary/aromatic N) is 1. The van der Waals surface area contributed by atoms with Crippen molar-refractivity contribution in [2.75, 3.05) is 7.11 Å². The van der Waals surface area contributed by atoms with Crippen LogP contribution in [0, 0.1) is 5.92 Å². The van der Waals surface area contributed by atoms with E-state index in [-0.39, 0.29) is 5.41 Å². The normalized spacial score (nSPS) is 18.0. The van der Waals surface area contributed by atoms with E-state index in [1.165, 1.54) is 35.1 Å². The Bertz CT molecular complexity index is 987. The Labute approximate surface area is 165 Å². The van der Waals surface area contributed by atoms with E-state index in [0.717, 1.165) is 17.8 Å². The van der Waals surface area contributed by atoms with Crippen LogP contribution >= 0.6 is 0 Å². The van der Waals surface area contributed by atoms with Gasteiger partial charge in [0.15, 0.2) is 0 Å². The number of H-pyrrole nitrogens is 1. The topological polar surface area (TPSA) is 37.4 Å². The molecule has 0 saturated heterocycles. The highest BCUT2D eigenvalue weighted by Crippen LogP contribution is 2.43. The maximum absolute atomic E-state index is 5.14. The van der Waals surface area contributed by atoms with Gasteiger partial charge in [-0.05, 0) is 36.0 Å². The molecule has 1 heterocycles. The number of allylic oxidation sites excluding steroid dienone is 1. The minimum absolute atomic E-state index is 0.160. The smallest absolute Gasteiger partial charge is 0.107 e. The fourth-order valence-electron chi connectivity index (χ4n) is 4.42. The minimum Gasteiger partial charge on any atom is -0.399 e. The average Bonchev–Trinajstić information content (AvgIpc) is 3.52. The summed E-state index contributed by atoms with van der Waals surface area (Å²) in [5, 5.41) is 4.34. The molecule has 2 aliphatic rings. The molecule has 0 radical (unpaired) electrons. The fourth-order valence-corrected chi connectivity index (χ4v) is 4.42. The van der Waals surface area contributed by atoms with Crippen LogP contribution in [0.15, 0.2) is 78.1 Å². The number of nitrogens with one attached hydrogen (secondary N) is 1. The molecule has 0 atom stereocenters. The van der Waals surface area contributed by atoms with Crippen molar-refractivity contribution in [1.82, 2.24) is 4.98 Å². The fraction of sp³-hybridized carbons (Fsp3) is 0.240. The lowest BCUT2D eigenvalue weighted by molar-refractivity contribution is 0.212. The summed E-state index contributed by atoms with van der Waals surface area (Å²) >= 11 is 0. The number of aromatic amines is 1. The van der Waals surface area contributed by atoms with Gasteiger partial charge in [0.2, 0.25) is 0 Å². The number of fused-ring (bicyclic) bond motifs is 1. The average molecular weight is 368 g/mol. The van der Waals surface area contributed by atoms with E-state index in [9.17, 15) is 0 Å². The monoisotopic (exact) mass is 368 g/mol. The van der Waals surface area contributed by atoms with Crippen LogP contribution in [0.25, 0.3) is 6.08 Å². The number of oxime groups is 1. The molecule has 2 aromatic carbocycles. The first kappa shape index (κ1) is 17.1. The van der Waals surface area contributed by atoms with Crippen LogP contribution in [-0.2, 0) is 16.7 Å². The minimum atomic E-state index is -0.160. The summed E-state index contributed by atoms with van der Waals surface area (Å²) in [5.41, 5.74) is 7.23. The molecule has 3 nitrogen and oxygen atoms in total. The molecule has 0 bridgehead atoms. The predicted octanol–water partition coefficient (Wildman–Crippen LogP) is 5.33. The second-order valence-electron chi connectivity index (χ2n) is 7.75. The molecular formula is C25H24N2O. The van der Waals surface area contributed by atoms with Crippen molar-refractivity contribution in [1.29, 1.82) is 0 Å². The van der Waals surface area contributed by atoms with Crippen molar-refractivity contribution < 1.29 is 4.84 Å². The maximum atomic E-state index is 5.14. The summed E-state index contributed by atoms with van der Waals surface area (Å²) in [7, 11) is 1.63. The number of rotatable bonds is 5. The van der Waals surface area contributed by atoms with Gasteiger partial charge in [-0.3, -0.25) is 0 Å². The Morgan fingerprint density at radius 3 is 2.21 bits per heavy atom. The first-order valence-corrected chi connectivity index (χ1v) is 9.94. The van der Waals surface area contributed by atoms with Crippen LogP contribution < -0.4 is 0 Å². The van der Waals surface area contributed by atoms with Crippen molar-refractivity contribution in [3.63, 3.8) is 0 Å². The number of benzene rings is 2. The van der Waals surface area contributed by atoms with Crippen molar-refractivity contribution in [3.05, 3.63) is 101 Å². The Balaban J connectivity index is 1.62. The highest BCUT2D eigenvalue weighted by Gasteiger charge is 2.38. The van der Waals surface area contributed by atoms with E-state index in [2.05, 4.69) is 89.2 Å². The van der Waals surface area contributed by atoms with Gasteiger partial charge in [-0.1, -0.05) is 78.0 Å². The lowest BCUT2D eigenvalue weighted by atomic mass is 9.68. The second-order valence-corrected chi connectivity index (χ2v) is 7.75. The Hall–Kier alpha value is -3.07. The van der Waals surface area contributed by atoms with Crippen LogP contribution in [0.2, 0.25) is 0 Å². The van der Waals surface area contributed by atoms with E-state index in [1.54, 1.807) is 7.11 Å². The zero-order valence-electron chi connectivity index (χ0n) is 16.1. The molecule has 0 amide bonds. The quantitative estimate of drug-likeness (QED) is 0.480. The molecule has 3 aromatic rings. The van der Waals surface area contributed by atoms with Crippen molar-refractivity contribution in [3.8, 4) is 0 Å². The van der Waals surface area contributed by atoms with Gasteiger partial charge in [-0.25, -0.2) is 0 Å². The molecule has 1 N–H and O–H groups in total. The number of aromatic nitrogens is 1. The molecule has 1 aromatic heterocycles. The highest BCUT2D eigenvalue weighted by molar-refractivity contribution is 6.05. The van der Waals surface area contributed by atoms with E-state index in [0.29, 0.717) is 5.92 Å². The third-order valence-electron chi connectivity index (χ3n) is 6.00. The van der Waals surface area contributed by atoms with Gasteiger partial charge in [0.25, 0.3) is 0 Å². The molecule has 28 heavy (non-hydrogen) atoms. The van der Waals surface area contributed by atoms with E-state index in [4.69, 9.17) is 4.84 Å². The molecule has 2 aliphatic carbocycles. The SMILES string of the molecule is CON=C(c1[nH]cc2c1C=CC(c1ccccc1)(c1ccccc1)C2)C1CC1. The summed E-state index contributed by atoms with van der Waals surface area (Å²) in [6.07, 6.45) is 10.1. The first-order chi connectivity index (χ1) is 13.8. The number of hydrogen-bond donors (Lipinski definition) is 1. The molecule has 0 aliphatic heterocycles. The van der Waals surface area contributed by atoms with Gasteiger partial charge in [0, 0.05) is 23.1 Å². The van der Waals surface area contributed by atoms with Crippen LogP contribution in [0.3, 0.4) is 0 Å². The van der Waals surface area contributed by atoms with Crippen LogP contribution in [0.4, 0.5) is 0 Å². The summed E-state index contributed by atoms with van der Waals surface area (Å²) in [6, 6.07) is 21.6. The van der Waals surface area contributed by atoms with Gasteiger partial charge >= 0.3 is 0 Å². The van der Waals surface area contributed by atoms with Gasteiger partial charge in [-0.2, -0.15) is 0 Å². The van der Waals surface area contributed by atoms with Gasteiger partial charge in [0.1, 0.15) is 12.8 Å². The van der Waals surface area contributed by atoms with Gasteiger partial charge in [-0.15, -0.1) is 0 Å². The van der Waals surface area contributed by atoms with E-state index in [1.807, 2.05) is 0 Å². The zero-order chi connectivity index (χ0) is 19.0. The molecule has 140 valence electrons. The predicted molar refractivity (Wildman–Crippen MR) is 113 cm³/mol. The Morgan fingerprint density at radius 2 is 1.64 bits per heavy atom. The molecule has 3 heteroatoms. The number of hydrogen-bond acceptors (Lipinski definition) is 2. The standard InChI is InChI=1S/C25H24N2O/c1-28-27-23(18-12-13-18)24-22-14-15-25(16-19(22)17-26-24,20-8-4-2-5-9-20)21-10-6-3-7-11-21/h2-11,14-15,17-18,26H,12-13,16H2,1H3. The lowest BCUT2D eigenvalue weighted by Gasteiger charge is -2.35. The van der Waals surface area contributed by atoms with Crippen LogP contribution in [0.1, 0.15) is 40.8 Å². The third-order valence-corrected chi connectivity index (χ3v) is 6.00. The van der Waals surface area contributed by atoms with Gasteiger partial charge < -0.3 is 9.82 Å². The van der Waals surface area contributed by atoms with E-state index < -0.39 is 0 Å². The third kappa shape index (κ3) is 2.78. The maximum Gasteiger partial charge on any atom is 0.107 e. The molecule has 5 rings (SSSR count). The zero-order valence-corrected chi connectivity index (χ0v) is 16.1. The lowest BCUT2D eigenvalue weighted by Crippen LogP contribution is -2.30. The van der Waals surface area contributed by atoms with Crippen LogP contribution in [0.5, 0.6) is 0 Å². The largest absolute Gasteiger partial charge is 0.399 e. The Morgan fingerprint density at radius 1 is 1.00 bits per heavy atom. The molecular weight excluding hydrogens is 344 g/mol. The second kappa shape index (κ2) is 6.83. The van der Waals surface area contributed by atoms with Gasteiger partial charge in [0.05, 0.1) is 5.69 Å². The first-order valence-electron chi connectivity index (χ1n) is 9.94. The molecule has 1 fully saturated rings. The van der Waals surface area contributed by atoms with Crippen molar-refractivity contribution in [2.45, 2.75) is 24.7 Å². The van der Waals surface area contributed by atoms with E-state index >= 15 is 0 Å². The summed E-state index contributed by atoms with van der Waals surface area (Å²) < 4.78 is 0.